The predicted molar refractivity (Wildman–Crippen MR) is 134 cm³/mol. The summed E-state index contributed by atoms with van der Waals surface area (Å²) in [6, 6.07) is 17.5. The number of aliphatic hydroxyl groups is 1. The third-order valence-electron chi connectivity index (χ3n) is 6.66. The largest absolute Gasteiger partial charge is 0.507 e. The van der Waals surface area contributed by atoms with Gasteiger partial charge >= 0.3 is 0 Å². The van der Waals surface area contributed by atoms with Crippen LogP contribution in [-0.2, 0) is 16.0 Å². The van der Waals surface area contributed by atoms with E-state index in [0.29, 0.717) is 29.0 Å². The second kappa shape index (κ2) is 8.62. The fourth-order valence-corrected chi connectivity index (χ4v) is 5.07. The highest BCUT2D eigenvalue weighted by Crippen LogP contribution is 2.46. The summed E-state index contributed by atoms with van der Waals surface area (Å²) in [5.74, 6) is -0.341. The molecule has 2 unspecified atom stereocenters. The smallest absolute Gasteiger partial charge is 0.300 e. The SMILES string of the molecule is COc1ccccc1C1/C(=C(\O)c2ccc3c(c2)CC(C)O3)C(=O)C(=O)N1c1ccc(C)cc1C. The number of methoxy groups -OCH3 is 1. The molecule has 178 valence electrons. The standard InChI is InChI=1S/C29H27NO5/c1-16-9-11-22(17(2)13-16)30-26(21-7-5-6-8-24(21)34-4)25(28(32)29(30)33)27(31)19-10-12-23-20(15-19)14-18(3)35-23/h5-13,15,18,26,31H,14H2,1-4H3/b27-25+. The number of ether oxygens (including phenoxy) is 2. The summed E-state index contributed by atoms with van der Waals surface area (Å²) < 4.78 is 11.4. The maximum Gasteiger partial charge on any atom is 0.300 e. The molecule has 1 saturated heterocycles. The van der Waals surface area contributed by atoms with Crippen LogP contribution in [0.3, 0.4) is 0 Å². The third kappa shape index (κ3) is 3.75. The zero-order valence-electron chi connectivity index (χ0n) is 20.2. The van der Waals surface area contributed by atoms with Gasteiger partial charge in [-0.3, -0.25) is 14.5 Å². The van der Waals surface area contributed by atoms with Gasteiger partial charge in [-0.25, -0.2) is 0 Å². The van der Waals surface area contributed by atoms with Crippen LogP contribution in [0.15, 0.2) is 66.2 Å². The quantitative estimate of drug-likeness (QED) is 0.320. The molecule has 0 aromatic heterocycles. The van der Waals surface area contributed by atoms with E-state index in [-0.39, 0.29) is 17.4 Å². The fourth-order valence-electron chi connectivity index (χ4n) is 5.07. The monoisotopic (exact) mass is 469 g/mol. The van der Waals surface area contributed by atoms with Gasteiger partial charge in [0.1, 0.15) is 23.4 Å². The molecule has 6 nitrogen and oxygen atoms in total. The van der Waals surface area contributed by atoms with Crippen molar-refractivity contribution in [2.75, 3.05) is 12.0 Å². The molecule has 1 amide bonds. The normalized spacial score (nSPS) is 20.6. The number of fused-ring (bicyclic) bond motifs is 1. The zero-order chi connectivity index (χ0) is 24.9. The maximum absolute atomic E-state index is 13.5. The molecule has 6 heteroatoms. The Hall–Kier alpha value is -4.06. The number of aliphatic hydroxyl groups excluding tert-OH is 1. The minimum absolute atomic E-state index is 0.0337. The van der Waals surface area contributed by atoms with E-state index >= 15 is 0 Å². The lowest BCUT2D eigenvalue weighted by Gasteiger charge is -2.28. The van der Waals surface area contributed by atoms with E-state index in [1.807, 2.05) is 63.2 Å². The van der Waals surface area contributed by atoms with Crippen LogP contribution >= 0.6 is 0 Å². The molecule has 5 rings (SSSR count). The summed E-state index contributed by atoms with van der Waals surface area (Å²) >= 11 is 0. The Morgan fingerprint density at radius 3 is 2.57 bits per heavy atom. The zero-order valence-corrected chi connectivity index (χ0v) is 20.2. The molecule has 0 aliphatic carbocycles. The highest BCUT2D eigenvalue weighted by atomic mass is 16.5. The number of amides is 1. The first-order chi connectivity index (χ1) is 16.8. The molecule has 0 bridgehead atoms. The minimum atomic E-state index is -0.851. The Morgan fingerprint density at radius 2 is 1.83 bits per heavy atom. The number of nitrogens with zero attached hydrogens (tertiary/aromatic N) is 1. The van der Waals surface area contributed by atoms with Crippen LogP contribution in [-0.4, -0.2) is 30.0 Å². The van der Waals surface area contributed by atoms with Crippen molar-refractivity contribution in [3.8, 4) is 11.5 Å². The number of carbonyl (C=O) groups excluding carboxylic acids is 2. The molecule has 3 aromatic carbocycles. The number of anilines is 1. The molecular weight excluding hydrogens is 442 g/mol. The van der Waals surface area contributed by atoms with Gasteiger partial charge in [0.05, 0.1) is 18.7 Å². The van der Waals surface area contributed by atoms with E-state index in [4.69, 9.17) is 9.47 Å². The molecule has 0 spiro atoms. The van der Waals surface area contributed by atoms with Gasteiger partial charge in [0.2, 0.25) is 0 Å². The summed E-state index contributed by atoms with van der Waals surface area (Å²) in [6.07, 6.45) is 0.759. The first kappa shape index (κ1) is 22.7. The van der Waals surface area contributed by atoms with E-state index in [2.05, 4.69) is 0 Å². The molecule has 2 heterocycles. The summed E-state index contributed by atoms with van der Waals surface area (Å²) in [7, 11) is 1.55. The van der Waals surface area contributed by atoms with Gasteiger partial charge in [0.25, 0.3) is 11.7 Å². The molecule has 2 aliphatic heterocycles. The van der Waals surface area contributed by atoms with Gasteiger partial charge in [0, 0.05) is 23.2 Å². The first-order valence-electron chi connectivity index (χ1n) is 11.6. The summed E-state index contributed by atoms with van der Waals surface area (Å²) in [6.45, 7) is 5.86. The molecule has 2 atom stereocenters. The summed E-state index contributed by atoms with van der Waals surface area (Å²) in [5, 5.41) is 11.5. The summed E-state index contributed by atoms with van der Waals surface area (Å²) in [5.41, 5.74) is 4.60. The van der Waals surface area contributed by atoms with Crippen LogP contribution in [0, 0.1) is 13.8 Å². The predicted octanol–water partition coefficient (Wildman–Crippen LogP) is 5.26. The number of hydrogen-bond donors (Lipinski definition) is 1. The van der Waals surface area contributed by atoms with Crippen molar-refractivity contribution in [2.24, 2.45) is 0 Å². The van der Waals surface area contributed by atoms with E-state index < -0.39 is 17.7 Å². The number of aryl methyl sites for hydroxylation is 2. The topological polar surface area (TPSA) is 76.1 Å². The van der Waals surface area contributed by atoms with E-state index in [9.17, 15) is 14.7 Å². The second-order valence-corrected chi connectivity index (χ2v) is 9.16. The molecule has 35 heavy (non-hydrogen) atoms. The average Bonchev–Trinajstić information content (AvgIpc) is 3.34. The molecular formula is C29H27NO5. The average molecular weight is 470 g/mol. The van der Waals surface area contributed by atoms with Gasteiger partial charge in [-0.15, -0.1) is 0 Å². The number of rotatable bonds is 4. The van der Waals surface area contributed by atoms with Crippen LogP contribution in [0.1, 0.15) is 40.8 Å². The number of benzene rings is 3. The maximum atomic E-state index is 13.5. The van der Waals surface area contributed by atoms with Crippen molar-refractivity contribution >= 4 is 23.1 Å². The van der Waals surface area contributed by atoms with Gasteiger partial charge in [-0.05, 0) is 62.2 Å². The highest BCUT2D eigenvalue weighted by Gasteiger charge is 2.48. The number of Topliss-reactive ketones (excluding diaryl/α,β-unsaturated/α-hetero) is 1. The van der Waals surface area contributed by atoms with Crippen molar-refractivity contribution in [1.82, 2.24) is 0 Å². The third-order valence-corrected chi connectivity index (χ3v) is 6.66. The van der Waals surface area contributed by atoms with Crippen molar-refractivity contribution in [3.05, 3.63) is 94.1 Å². The van der Waals surface area contributed by atoms with Crippen molar-refractivity contribution < 1.29 is 24.2 Å². The molecule has 0 saturated carbocycles. The van der Waals surface area contributed by atoms with Crippen molar-refractivity contribution in [2.45, 2.75) is 39.3 Å². The van der Waals surface area contributed by atoms with E-state index in [1.54, 1.807) is 25.3 Å². The fraction of sp³-hybridized carbons (Fsp3) is 0.241. The van der Waals surface area contributed by atoms with Crippen LogP contribution in [0.4, 0.5) is 5.69 Å². The lowest BCUT2D eigenvalue weighted by molar-refractivity contribution is -0.132. The lowest BCUT2D eigenvalue weighted by atomic mass is 9.93. The van der Waals surface area contributed by atoms with Crippen molar-refractivity contribution in [1.29, 1.82) is 0 Å². The molecule has 1 fully saturated rings. The Balaban J connectivity index is 1.74. The molecule has 3 aromatic rings. The number of para-hydroxylation sites is 1. The van der Waals surface area contributed by atoms with Crippen LogP contribution < -0.4 is 14.4 Å². The highest BCUT2D eigenvalue weighted by molar-refractivity contribution is 6.51. The summed E-state index contributed by atoms with van der Waals surface area (Å²) in [4.78, 5) is 28.4. The van der Waals surface area contributed by atoms with E-state index in [1.165, 1.54) is 4.90 Å². The number of hydrogen-bond acceptors (Lipinski definition) is 5. The van der Waals surface area contributed by atoms with Crippen LogP contribution in [0.5, 0.6) is 11.5 Å². The Morgan fingerprint density at radius 1 is 1.06 bits per heavy atom. The van der Waals surface area contributed by atoms with Gasteiger partial charge < -0.3 is 14.6 Å². The molecule has 2 aliphatic rings. The van der Waals surface area contributed by atoms with Crippen molar-refractivity contribution in [3.63, 3.8) is 0 Å². The van der Waals surface area contributed by atoms with E-state index in [0.717, 1.165) is 22.4 Å². The number of carbonyl (C=O) groups is 2. The van der Waals surface area contributed by atoms with Crippen LogP contribution in [0.2, 0.25) is 0 Å². The molecule has 0 radical (unpaired) electrons. The van der Waals surface area contributed by atoms with Crippen LogP contribution in [0.25, 0.3) is 5.76 Å². The van der Waals surface area contributed by atoms with Gasteiger partial charge in [-0.1, -0.05) is 35.9 Å². The van der Waals surface area contributed by atoms with Gasteiger partial charge in [0.15, 0.2) is 0 Å². The van der Waals surface area contributed by atoms with Gasteiger partial charge in [-0.2, -0.15) is 0 Å². The lowest BCUT2D eigenvalue weighted by Crippen LogP contribution is -2.30. The first-order valence-corrected chi connectivity index (χ1v) is 11.6. The Bertz CT molecular complexity index is 1390. The molecule has 1 N–H and O–H groups in total. The minimum Gasteiger partial charge on any atom is -0.507 e. The Kier molecular flexibility index (Phi) is 5.59. The Labute approximate surface area is 204 Å². The second-order valence-electron chi connectivity index (χ2n) is 9.16. The number of ketones is 1.